The van der Waals surface area contributed by atoms with Crippen LogP contribution in [-0.2, 0) is 17.9 Å². The van der Waals surface area contributed by atoms with Gasteiger partial charge < -0.3 is 10.1 Å². The van der Waals surface area contributed by atoms with Gasteiger partial charge in [0, 0.05) is 4.88 Å². The van der Waals surface area contributed by atoms with Crippen LogP contribution in [0.4, 0.5) is 4.79 Å². The van der Waals surface area contributed by atoms with Gasteiger partial charge in [-0.15, -0.1) is 11.3 Å². The van der Waals surface area contributed by atoms with Gasteiger partial charge in [-0.1, -0.05) is 30.3 Å². The summed E-state index contributed by atoms with van der Waals surface area (Å²) in [4.78, 5) is 13.0. The smallest absolute Gasteiger partial charge is 0.407 e. The minimum atomic E-state index is -0.462. The molecule has 0 saturated heterocycles. The van der Waals surface area contributed by atoms with Gasteiger partial charge in [0.2, 0.25) is 0 Å². The average molecular weight is 272 g/mol. The second-order valence-electron chi connectivity index (χ2n) is 3.79. The molecule has 4 nitrogen and oxygen atoms in total. The third-order valence-electron chi connectivity index (χ3n) is 2.39. The number of alkyl carbamates (subject to hydrolysis) is 1. The Balaban J connectivity index is 1.74. The largest absolute Gasteiger partial charge is 0.445 e. The highest BCUT2D eigenvalue weighted by atomic mass is 32.1. The summed E-state index contributed by atoms with van der Waals surface area (Å²) in [5.74, 6) is 0. The first-order valence-corrected chi connectivity index (χ1v) is 6.53. The lowest BCUT2D eigenvalue weighted by Gasteiger charge is -2.05. The highest BCUT2D eigenvalue weighted by Gasteiger charge is 2.04. The molecule has 5 heteroatoms. The van der Waals surface area contributed by atoms with E-state index in [2.05, 4.69) is 11.4 Å². The van der Waals surface area contributed by atoms with Gasteiger partial charge in [0.15, 0.2) is 0 Å². The number of hydrogen-bond acceptors (Lipinski definition) is 4. The third-order valence-corrected chi connectivity index (χ3v) is 3.38. The maximum Gasteiger partial charge on any atom is 0.407 e. The number of ether oxygens (including phenoxy) is 1. The molecule has 96 valence electrons. The Kier molecular flexibility index (Phi) is 4.54. The molecule has 0 aliphatic rings. The van der Waals surface area contributed by atoms with Crippen LogP contribution in [-0.4, -0.2) is 6.09 Å². The molecule has 0 spiro atoms. The van der Waals surface area contributed by atoms with E-state index in [1.807, 2.05) is 36.4 Å². The van der Waals surface area contributed by atoms with Crippen molar-refractivity contribution in [2.45, 2.75) is 13.2 Å². The number of amides is 1. The Morgan fingerprint density at radius 2 is 2.05 bits per heavy atom. The number of thiophene rings is 1. The van der Waals surface area contributed by atoms with Crippen LogP contribution in [0.3, 0.4) is 0 Å². The van der Waals surface area contributed by atoms with Crippen LogP contribution in [0, 0.1) is 11.3 Å². The minimum absolute atomic E-state index is 0.251. The standard InChI is InChI=1S/C14H12N2O2S/c15-8-12-6-7-13(19-12)9-16-14(17)18-10-11-4-2-1-3-5-11/h1-7H,9-10H2,(H,16,17). The molecule has 1 heterocycles. The topological polar surface area (TPSA) is 62.1 Å². The van der Waals surface area contributed by atoms with E-state index in [1.165, 1.54) is 11.3 Å². The van der Waals surface area contributed by atoms with Gasteiger partial charge in [-0.05, 0) is 17.7 Å². The number of rotatable bonds is 4. The fourth-order valence-electron chi connectivity index (χ4n) is 1.47. The number of hydrogen-bond donors (Lipinski definition) is 1. The van der Waals surface area contributed by atoms with Crippen LogP contribution in [0.25, 0.3) is 0 Å². The van der Waals surface area contributed by atoms with Gasteiger partial charge in [-0.3, -0.25) is 0 Å². The summed E-state index contributed by atoms with van der Waals surface area (Å²) in [5.41, 5.74) is 0.945. The quantitative estimate of drug-likeness (QED) is 0.930. The fraction of sp³-hybridized carbons (Fsp3) is 0.143. The summed E-state index contributed by atoms with van der Waals surface area (Å²) in [5, 5.41) is 11.3. The maximum absolute atomic E-state index is 11.5. The van der Waals surface area contributed by atoms with Crippen molar-refractivity contribution < 1.29 is 9.53 Å². The average Bonchev–Trinajstić information content (AvgIpc) is 2.92. The highest BCUT2D eigenvalue weighted by Crippen LogP contribution is 2.14. The van der Waals surface area contributed by atoms with Gasteiger partial charge in [0.05, 0.1) is 6.54 Å². The van der Waals surface area contributed by atoms with E-state index < -0.39 is 6.09 Å². The van der Waals surface area contributed by atoms with E-state index >= 15 is 0 Å². The molecule has 0 fully saturated rings. The summed E-state index contributed by atoms with van der Waals surface area (Å²) in [6.45, 7) is 0.626. The first kappa shape index (κ1) is 13.1. The predicted octanol–water partition coefficient (Wildman–Crippen LogP) is 3.05. The summed E-state index contributed by atoms with van der Waals surface area (Å²) < 4.78 is 5.07. The normalized spacial score (nSPS) is 9.63. The molecule has 0 saturated carbocycles. The lowest BCUT2D eigenvalue weighted by atomic mass is 10.2. The lowest BCUT2D eigenvalue weighted by molar-refractivity contribution is 0.139. The number of nitrogens with zero attached hydrogens (tertiary/aromatic N) is 1. The fourth-order valence-corrected chi connectivity index (χ4v) is 2.21. The van der Waals surface area contributed by atoms with E-state index in [-0.39, 0.29) is 6.61 Å². The Morgan fingerprint density at radius 3 is 2.74 bits per heavy atom. The second-order valence-corrected chi connectivity index (χ2v) is 4.96. The number of benzene rings is 1. The van der Waals surface area contributed by atoms with Crippen LogP contribution in [0.2, 0.25) is 0 Å². The Morgan fingerprint density at radius 1 is 1.26 bits per heavy atom. The van der Waals surface area contributed by atoms with Crippen molar-refractivity contribution in [1.82, 2.24) is 5.32 Å². The van der Waals surface area contributed by atoms with Crippen LogP contribution >= 0.6 is 11.3 Å². The molecule has 0 unspecified atom stereocenters. The summed E-state index contributed by atoms with van der Waals surface area (Å²) >= 11 is 1.36. The lowest BCUT2D eigenvalue weighted by Crippen LogP contribution is -2.23. The van der Waals surface area contributed by atoms with E-state index in [9.17, 15) is 4.79 Å². The molecular weight excluding hydrogens is 260 g/mol. The molecule has 0 radical (unpaired) electrons. The minimum Gasteiger partial charge on any atom is -0.445 e. The molecular formula is C14H12N2O2S. The molecule has 0 bridgehead atoms. The predicted molar refractivity (Wildman–Crippen MR) is 72.5 cm³/mol. The molecule has 2 rings (SSSR count). The first-order chi connectivity index (χ1) is 9.28. The molecule has 19 heavy (non-hydrogen) atoms. The van der Waals surface area contributed by atoms with Crippen LogP contribution < -0.4 is 5.32 Å². The van der Waals surface area contributed by atoms with E-state index in [0.29, 0.717) is 11.4 Å². The van der Waals surface area contributed by atoms with Crippen LogP contribution in [0.15, 0.2) is 42.5 Å². The monoisotopic (exact) mass is 272 g/mol. The van der Waals surface area contributed by atoms with Crippen molar-refractivity contribution >= 4 is 17.4 Å². The van der Waals surface area contributed by atoms with Crippen molar-refractivity contribution in [1.29, 1.82) is 5.26 Å². The van der Waals surface area contributed by atoms with Crippen molar-refractivity contribution in [3.05, 3.63) is 57.8 Å². The molecule has 0 aliphatic heterocycles. The molecule has 1 N–H and O–H groups in total. The van der Waals surface area contributed by atoms with Crippen molar-refractivity contribution in [3.63, 3.8) is 0 Å². The summed E-state index contributed by atoms with van der Waals surface area (Å²) in [6, 6.07) is 15.1. The van der Waals surface area contributed by atoms with E-state index in [0.717, 1.165) is 10.4 Å². The van der Waals surface area contributed by atoms with Crippen LogP contribution in [0.5, 0.6) is 0 Å². The number of nitriles is 1. The summed E-state index contributed by atoms with van der Waals surface area (Å²) in [7, 11) is 0. The molecule has 2 aromatic rings. The molecule has 0 aliphatic carbocycles. The number of nitrogens with one attached hydrogen (secondary N) is 1. The van der Waals surface area contributed by atoms with Gasteiger partial charge >= 0.3 is 6.09 Å². The Labute approximate surface area is 115 Å². The third kappa shape index (κ3) is 4.12. The maximum atomic E-state index is 11.5. The first-order valence-electron chi connectivity index (χ1n) is 5.71. The Hall–Kier alpha value is -2.32. The van der Waals surface area contributed by atoms with Crippen molar-refractivity contribution in [2.24, 2.45) is 0 Å². The zero-order valence-corrected chi connectivity index (χ0v) is 10.9. The molecule has 1 aromatic heterocycles. The van der Waals surface area contributed by atoms with Crippen molar-refractivity contribution in [3.8, 4) is 6.07 Å². The highest BCUT2D eigenvalue weighted by molar-refractivity contribution is 7.12. The van der Waals surface area contributed by atoms with Crippen LogP contribution in [0.1, 0.15) is 15.3 Å². The molecule has 0 atom stereocenters. The zero-order valence-electron chi connectivity index (χ0n) is 10.1. The molecule has 1 amide bonds. The Bertz CT molecular complexity index is 587. The zero-order chi connectivity index (χ0) is 13.5. The van der Waals surface area contributed by atoms with Gasteiger partial charge in [0.1, 0.15) is 17.6 Å². The summed E-state index contributed by atoms with van der Waals surface area (Å²) in [6.07, 6.45) is -0.462. The number of carbonyl (C=O) groups excluding carboxylic acids is 1. The SMILES string of the molecule is N#Cc1ccc(CNC(=O)OCc2ccccc2)s1. The van der Waals surface area contributed by atoms with E-state index in [4.69, 9.17) is 10.00 Å². The molecule has 1 aromatic carbocycles. The van der Waals surface area contributed by atoms with E-state index in [1.54, 1.807) is 6.07 Å². The van der Waals surface area contributed by atoms with Gasteiger partial charge in [-0.25, -0.2) is 4.79 Å². The van der Waals surface area contributed by atoms with Gasteiger partial charge in [0.25, 0.3) is 0 Å². The number of carbonyl (C=O) groups is 1. The van der Waals surface area contributed by atoms with Gasteiger partial charge in [-0.2, -0.15) is 5.26 Å². The van der Waals surface area contributed by atoms with Crippen molar-refractivity contribution in [2.75, 3.05) is 0 Å². The second kappa shape index (κ2) is 6.57.